The van der Waals surface area contributed by atoms with Crippen molar-refractivity contribution in [3.63, 3.8) is 0 Å². The maximum Gasteiger partial charge on any atom is 0.461 e. The molecule has 0 rings (SSSR count). The molecule has 0 aliphatic carbocycles. The van der Waals surface area contributed by atoms with E-state index in [1.807, 2.05) is 0 Å². The van der Waals surface area contributed by atoms with Crippen LogP contribution in [0.3, 0.4) is 0 Å². The lowest BCUT2D eigenvalue weighted by Gasteiger charge is -2.42. The number of rotatable bonds is 17. The molecule has 0 heterocycles. The topological polar surface area (TPSA) is 85.3 Å². The molecule has 83 heavy (non-hydrogen) atoms. The number of hydrogen-bond acceptors (Lipinski definition) is 5. The molecule has 56 heteroatoms. The van der Waals surface area contributed by atoms with Crippen LogP contribution in [-0.4, -0.2) is 181 Å². The van der Waals surface area contributed by atoms with Gasteiger partial charge in [0.25, 0.3) is 0 Å². The molecule has 0 fully saturated rings. The van der Waals surface area contributed by atoms with Crippen molar-refractivity contribution in [3.05, 3.63) is 0 Å². The Labute approximate surface area is 437 Å². The van der Waals surface area contributed by atoms with Crippen LogP contribution in [0.15, 0.2) is 0 Å². The first-order valence-electron chi connectivity index (χ1n) is 17.0. The first kappa shape index (κ1) is 89.3. The van der Waals surface area contributed by atoms with Gasteiger partial charge in [-0.1, -0.05) is 0 Å². The first-order chi connectivity index (χ1) is 34.8. The van der Waals surface area contributed by atoms with Gasteiger partial charge in [0.15, 0.2) is 0 Å². The molecule has 0 saturated heterocycles. The van der Waals surface area contributed by atoms with Gasteiger partial charge in [0, 0.05) is 48.3 Å². The minimum atomic E-state index is -8.67. The molecule has 0 aromatic rings. The molecule has 0 aromatic carbocycles. The van der Waals surface area contributed by atoms with E-state index in [0.717, 1.165) is 0 Å². The van der Waals surface area contributed by atoms with E-state index in [9.17, 15) is 223 Å². The van der Waals surface area contributed by atoms with E-state index in [0.29, 0.717) is 0 Å². The summed E-state index contributed by atoms with van der Waals surface area (Å²) in [6, 6.07) is 0. The molecule has 0 saturated carbocycles. The molecule has 0 N–H and O–H groups in total. The second kappa shape index (κ2) is 25.6. The number of halogens is 46. The van der Waals surface area contributed by atoms with Crippen molar-refractivity contribution in [1.82, 2.24) is 0 Å². The van der Waals surface area contributed by atoms with Gasteiger partial charge in [-0.15, -0.1) is 0 Å². The van der Waals surface area contributed by atoms with Gasteiger partial charge >= 0.3 is 123 Å². The van der Waals surface area contributed by atoms with E-state index in [1.54, 1.807) is 12.5 Å². The minimum Gasteiger partial charge on any atom is -0.260 e. The van der Waals surface area contributed by atoms with Gasteiger partial charge < -0.3 is 0 Å². The van der Waals surface area contributed by atoms with Crippen molar-refractivity contribution in [1.29, 1.82) is 0 Å². The van der Waals surface area contributed by atoms with E-state index in [-0.39, 0.29) is 18.8 Å². The van der Waals surface area contributed by atoms with Crippen molar-refractivity contribution in [2.24, 2.45) is 0 Å². The van der Waals surface area contributed by atoms with Gasteiger partial charge in [-0.3, -0.25) is 21.0 Å². The summed E-state index contributed by atoms with van der Waals surface area (Å²) in [7, 11) is -17.0. The average Bonchev–Trinajstić information content (AvgIpc) is 3.21. The third-order valence-electron chi connectivity index (χ3n) is 7.88. The molecule has 0 aliphatic heterocycles. The lowest BCUT2D eigenvalue weighted by Crippen LogP contribution is -2.74. The summed E-state index contributed by atoms with van der Waals surface area (Å²) in [5.74, 6) is -101. The van der Waals surface area contributed by atoms with E-state index in [2.05, 4.69) is 0 Å². The average molecular weight is 1460 g/mol. The highest BCUT2D eigenvalue weighted by Crippen LogP contribution is 2.65. The second-order valence-electron chi connectivity index (χ2n) is 14.1. The van der Waals surface area contributed by atoms with Crippen LogP contribution in [0.1, 0.15) is 0 Å². The van der Waals surface area contributed by atoms with Crippen LogP contribution in [-0.2, 0) is 54.0 Å². The largest absolute Gasteiger partial charge is 0.461 e. The van der Waals surface area contributed by atoms with Crippen LogP contribution in [0.25, 0.3) is 0 Å². The lowest BCUT2D eigenvalue weighted by atomic mass is 9.91. The Morgan fingerprint density at radius 3 is 0.349 bits per heavy atom. The molecule has 0 spiro atoms. The van der Waals surface area contributed by atoms with Crippen LogP contribution in [0.2, 0.25) is 0 Å². The van der Waals surface area contributed by atoms with Crippen LogP contribution < -0.4 is 0 Å². The van der Waals surface area contributed by atoms with Crippen LogP contribution in [0.5, 0.6) is 0 Å². The Morgan fingerprint density at radius 1 is 0.157 bits per heavy atom. The van der Waals surface area contributed by atoms with Gasteiger partial charge in [0.1, 0.15) is 0 Å². The zero-order valence-electron chi connectivity index (χ0n) is 38.0. The molecule has 0 amide bonds. The van der Waals surface area contributed by atoms with Gasteiger partial charge in [0.05, 0.1) is 43.2 Å². The molecule has 5 nitrogen and oxygen atoms in total. The van der Waals surface area contributed by atoms with E-state index >= 15 is 0 Å². The summed E-state index contributed by atoms with van der Waals surface area (Å²) in [6.07, 6.45) is -26.2. The van der Waals surface area contributed by atoms with Crippen LogP contribution in [0.4, 0.5) is 202 Å². The fraction of sp³-hybridized carbons (Fsp3) is 1.00. The third kappa shape index (κ3) is 15.7. The van der Waals surface area contributed by atoms with Gasteiger partial charge in [0.2, 0.25) is 0 Å². The maximum atomic E-state index is 13.1. The molecule has 0 aromatic heterocycles. The number of hydrogen-bond donors (Lipinski definition) is 0. The summed E-state index contributed by atoms with van der Waals surface area (Å²) < 4.78 is 617. The molecular weight excluding hydrogens is 1440 g/mol. The van der Waals surface area contributed by atoms with Gasteiger partial charge in [-0.2, -0.15) is 202 Å². The molecular formula is C27H18F46O5S5. The predicted molar refractivity (Wildman–Crippen MR) is 185 cm³/mol. The Morgan fingerprint density at radius 2 is 0.241 bits per heavy atom. The third-order valence-corrected chi connectivity index (χ3v) is 11.8. The molecule has 0 bridgehead atoms. The van der Waals surface area contributed by atoms with Crippen molar-refractivity contribution in [2.45, 2.75) is 123 Å². The molecule has 4 atom stereocenters. The highest BCUT2D eigenvalue weighted by Gasteiger charge is 2.96. The van der Waals surface area contributed by atoms with E-state index in [4.69, 9.17) is 0 Å². The highest BCUT2D eigenvalue weighted by atomic mass is 32.2. The summed E-state index contributed by atoms with van der Waals surface area (Å²) in [5, 5.41) is -24.9. The summed E-state index contributed by atoms with van der Waals surface area (Å²) >= 11 is 0. The fourth-order valence-corrected chi connectivity index (χ4v) is 5.10. The fourth-order valence-electron chi connectivity index (χ4n) is 3.15. The maximum absolute atomic E-state index is 13.1. The van der Waals surface area contributed by atoms with Gasteiger partial charge in [-0.05, 0) is 0 Å². The minimum absolute atomic E-state index is 0.0691. The Balaban J connectivity index is -0.000000330. The Bertz CT molecular complexity index is 2270. The molecule has 0 radical (unpaired) electrons. The lowest BCUT2D eigenvalue weighted by molar-refractivity contribution is -0.458. The standard InChI is InChI=1S/C9H3F17OS.C7H3F13OS.C5H3F9OS.C4H3F7OS.C2H6OS/c1-28(27)9(25,26)7(20,21)5(16,17)3(12,13)2(10,11)4(14,15)6(18,19)8(22,23)24;1-22(21)7(19,20)5(14,15)3(10,11)2(8,9)4(12,13)6(16,17)18;1-16(15)5(13,14)3(8,9)2(6,7)4(10,11)12;1-13(12)4(10,11)2(5,6)3(7,8)9;1-4(2)3/h1H3;1H3;1H3;1H3;1-2H3. The zero-order valence-corrected chi connectivity index (χ0v) is 42.1. The van der Waals surface area contributed by atoms with Crippen molar-refractivity contribution < 1.29 is 223 Å². The summed E-state index contributed by atoms with van der Waals surface area (Å²) in [5.41, 5.74) is 0. The smallest absolute Gasteiger partial charge is 0.260 e. The van der Waals surface area contributed by atoms with Crippen molar-refractivity contribution in [3.8, 4) is 0 Å². The SMILES string of the molecule is CS(=O)C(F)(F)C(F)(F)C(F)(F)C(F)(F)C(F)(F)C(F)(F)C(F)(F)C(F)(F)F.CS(=O)C(F)(F)C(F)(F)C(F)(F)C(F)(F)C(F)(F)C(F)(F)F.CS(=O)C(F)(F)C(F)(F)C(F)(F)C(F)(F)F.CS(=O)C(F)(F)C(F)(F)C(F)(F)F.CS(C)=O. The molecule has 508 valence electrons. The zero-order chi connectivity index (χ0) is 70.4. The van der Waals surface area contributed by atoms with E-state index < -0.39 is 183 Å². The first-order valence-corrected chi connectivity index (χ1v) is 25.2. The molecule has 4 unspecified atom stereocenters. The predicted octanol–water partition coefficient (Wildman–Crippen LogP) is 14.3. The molecule has 0 aliphatic rings. The van der Waals surface area contributed by atoms with Crippen LogP contribution in [0, 0.1) is 0 Å². The van der Waals surface area contributed by atoms with Crippen molar-refractivity contribution >= 4 is 54.0 Å². The summed E-state index contributed by atoms with van der Waals surface area (Å²) in [4.78, 5) is 0. The Hall–Kier alpha value is -2.47. The van der Waals surface area contributed by atoms with E-state index in [1.165, 1.54) is 0 Å². The quantitative estimate of drug-likeness (QED) is 0.135. The Kier molecular flexibility index (Phi) is 27.5. The normalized spacial score (nSPS) is 17.1. The number of alkyl halides is 46. The monoisotopic (exact) mass is 1460 g/mol. The van der Waals surface area contributed by atoms with Crippen LogP contribution >= 0.6 is 0 Å². The summed E-state index contributed by atoms with van der Waals surface area (Å²) in [6.45, 7) is 0. The van der Waals surface area contributed by atoms with Gasteiger partial charge in [-0.25, -0.2) is 0 Å². The highest BCUT2D eigenvalue weighted by molar-refractivity contribution is 7.86. The van der Waals surface area contributed by atoms with Crippen molar-refractivity contribution in [2.75, 3.05) is 37.5 Å². The second-order valence-corrected chi connectivity index (χ2v) is 21.3.